The molecule has 0 aromatic rings. The van der Waals surface area contributed by atoms with Gasteiger partial charge in [-0.05, 0) is 19.9 Å². The van der Waals surface area contributed by atoms with Gasteiger partial charge < -0.3 is 15.1 Å². The van der Waals surface area contributed by atoms with Crippen LogP contribution in [0.2, 0.25) is 0 Å². The molecule has 1 N–H and O–H groups in total. The Hall–Kier alpha value is -0.610. The first kappa shape index (κ1) is 10.9. The SMILES string of the molecule is CN1CCNC(CCN2CCCC2=O)C1. The summed E-state index contributed by atoms with van der Waals surface area (Å²) >= 11 is 0. The third-order valence-corrected chi connectivity index (χ3v) is 3.38. The molecular weight excluding hydrogens is 190 g/mol. The van der Waals surface area contributed by atoms with Crippen molar-refractivity contribution in [3.05, 3.63) is 0 Å². The maximum atomic E-state index is 11.4. The molecule has 0 radical (unpaired) electrons. The molecule has 4 nitrogen and oxygen atoms in total. The van der Waals surface area contributed by atoms with Gasteiger partial charge in [0.2, 0.25) is 5.91 Å². The van der Waals surface area contributed by atoms with Gasteiger partial charge in [0, 0.05) is 45.2 Å². The number of likely N-dealkylation sites (N-methyl/N-ethyl adjacent to an activating group) is 1. The van der Waals surface area contributed by atoms with Crippen molar-refractivity contribution in [3.8, 4) is 0 Å². The second kappa shape index (κ2) is 4.94. The van der Waals surface area contributed by atoms with E-state index in [1.807, 2.05) is 4.90 Å². The number of amides is 1. The van der Waals surface area contributed by atoms with E-state index in [0.29, 0.717) is 11.9 Å². The quantitative estimate of drug-likeness (QED) is 0.708. The topological polar surface area (TPSA) is 35.6 Å². The summed E-state index contributed by atoms with van der Waals surface area (Å²) in [6.07, 6.45) is 2.91. The van der Waals surface area contributed by atoms with Crippen molar-refractivity contribution < 1.29 is 4.79 Å². The predicted molar refractivity (Wildman–Crippen MR) is 59.7 cm³/mol. The minimum Gasteiger partial charge on any atom is -0.343 e. The standard InChI is InChI=1S/C11H21N3O/c1-13-8-5-12-10(9-13)4-7-14-6-2-3-11(14)15/h10,12H,2-9H2,1H3. The highest BCUT2D eigenvalue weighted by Gasteiger charge is 2.22. The van der Waals surface area contributed by atoms with Crippen molar-refractivity contribution in [1.82, 2.24) is 15.1 Å². The zero-order valence-electron chi connectivity index (χ0n) is 9.54. The Morgan fingerprint density at radius 2 is 2.33 bits per heavy atom. The Morgan fingerprint density at radius 3 is 3.00 bits per heavy atom. The highest BCUT2D eigenvalue weighted by molar-refractivity contribution is 5.77. The van der Waals surface area contributed by atoms with E-state index in [1.54, 1.807) is 0 Å². The maximum absolute atomic E-state index is 11.4. The number of likely N-dealkylation sites (tertiary alicyclic amines) is 1. The van der Waals surface area contributed by atoms with Gasteiger partial charge in [0.25, 0.3) is 0 Å². The molecule has 2 aliphatic rings. The van der Waals surface area contributed by atoms with Gasteiger partial charge >= 0.3 is 0 Å². The van der Waals surface area contributed by atoms with Gasteiger partial charge in [-0.25, -0.2) is 0 Å². The van der Waals surface area contributed by atoms with E-state index in [9.17, 15) is 4.79 Å². The third kappa shape index (κ3) is 2.92. The first-order chi connectivity index (χ1) is 7.25. The fourth-order valence-corrected chi connectivity index (χ4v) is 2.44. The number of nitrogens with one attached hydrogen (secondary N) is 1. The molecule has 0 aliphatic carbocycles. The lowest BCUT2D eigenvalue weighted by molar-refractivity contribution is -0.127. The van der Waals surface area contributed by atoms with Crippen LogP contribution in [0.25, 0.3) is 0 Å². The van der Waals surface area contributed by atoms with Crippen molar-refractivity contribution in [2.45, 2.75) is 25.3 Å². The summed E-state index contributed by atoms with van der Waals surface area (Å²) in [6, 6.07) is 0.567. The van der Waals surface area contributed by atoms with E-state index >= 15 is 0 Å². The Balaban J connectivity index is 1.70. The smallest absolute Gasteiger partial charge is 0.222 e. The van der Waals surface area contributed by atoms with E-state index < -0.39 is 0 Å². The second-order valence-electron chi connectivity index (χ2n) is 4.69. The summed E-state index contributed by atoms with van der Waals surface area (Å²) in [7, 11) is 2.16. The largest absolute Gasteiger partial charge is 0.343 e. The van der Waals surface area contributed by atoms with Gasteiger partial charge in [0.1, 0.15) is 0 Å². The fraction of sp³-hybridized carbons (Fsp3) is 0.909. The van der Waals surface area contributed by atoms with Gasteiger partial charge in [-0.1, -0.05) is 0 Å². The van der Waals surface area contributed by atoms with E-state index in [-0.39, 0.29) is 0 Å². The molecular formula is C11H21N3O. The summed E-state index contributed by atoms with van der Waals surface area (Å²) in [5.74, 6) is 0.346. The molecule has 4 heteroatoms. The van der Waals surface area contributed by atoms with E-state index in [2.05, 4.69) is 17.3 Å². The lowest BCUT2D eigenvalue weighted by atomic mass is 10.1. The van der Waals surface area contributed by atoms with Crippen LogP contribution in [-0.2, 0) is 4.79 Å². The van der Waals surface area contributed by atoms with Gasteiger partial charge in [0.05, 0.1) is 0 Å². The Bertz CT molecular complexity index is 232. The van der Waals surface area contributed by atoms with Crippen molar-refractivity contribution in [1.29, 1.82) is 0 Å². The number of hydrogen-bond acceptors (Lipinski definition) is 3. The molecule has 86 valence electrons. The molecule has 0 bridgehead atoms. The second-order valence-corrected chi connectivity index (χ2v) is 4.69. The molecule has 2 saturated heterocycles. The molecule has 1 amide bonds. The number of hydrogen-bond donors (Lipinski definition) is 1. The zero-order valence-corrected chi connectivity index (χ0v) is 9.54. The van der Waals surface area contributed by atoms with Crippen molar-refractivity contribution in [2.24, 2.45) is 0 Å². The molecule has 1 unspecified atom stereocenters. The Morgan fingerprint density at radius 1 is 1.47 bits per heavy atom. The number of carbonyl (C=O) groups is 1. The van der Waals surface area contributed by atoms with Crippen molar-refractivity contribution in [3.63, 3.8) is 0 Å². The van der Waals surface area contributed by atoms with Crippen LogP contribution in [0.1, 0.15) is 19.3 Å². The molecule has 2 rings (SSSR count). The van der Waals surface area contributed by atoms with E-state index in [4.69, 9.17) is 0 Å². The Labute approximate surface area is 91.6 Å². The molecule has 15 heavy (non-hydrogen) atoms. The normalized spacial score (nSPS) is 28.7. The summed E-state index contributed by atoms with van der Waals surface area (Å²) in [6.45, 7) is 5.24. The van der Waals surface area contributed by atoms with Gasteiger partial charge in [-0.3, -0.25) is 4.79 Å². The summed E-state index contributed by atoms with van der Waals surface area (Å²) in [4.78, 5) is 15.8. The predicted octanol–water partition coefficient (Wildman–Crippen LogP) is -0.0975. The fourth-order valence-electron chi connectivity index (χ4n) is 2.44. The van der Waals surface area contributed by atoms with E-state index in [1.165, 1.54) is 0 Å². The third-order valence-electron chi connectivity index (χ3n) is 3.38. The average Bonchev–Trinajstić information content (AvgIpc) is 2.61. The first-order valence-corrected chi connectivity index (χ1v) is 5.95. The minimum absolute atomic E-state index is 0.346. The molecule has 0 saturated carbocycles. The van der Waals surface area contributed by atoms with Crippen LogP contribution in [-0.4, -0.2) is 61.5 Å². The van der Waals surface area contributed by atoms with E-state index in [0.717, 1.165) is 52.0 Å². The molecule has 0 spiro atoms. The number of carbonyl (C=O) groups excluding carboxylic acids is 1. The van der Waals surface area contributed by atoms with Gasteiger partial charge in [-0.2, -0.15) is 0 Å². The van der Waals surface area contributed by atoms with Crippen LogP contribution in [0.3, 0.4) is 0 Å². The number of nitrogens with zero attached hydrogens (tertiary/aromatic N) is 2. The number of piperazine rings is 1. The molecule has 2 heterocycles. The van der Waals surface area contributed by atoms with Crippen molar-refractivity contribution in [2.75, 3.05) is 39.8 Å². The minimum atomic E-state index is 0.346. The molecule has 1 atom stereocenters. The average molecular weight is 211 g/mol. The molecule has 2 fully saturated rings. The van der Waals surface area contributed by atoms with Crippen LogP contribution >= 0.6 is 0 Å². The van der Waals surface area contributed by atoms with Crippen LogP contribution in [0.15, 0.2) is 0 Å². The van der Waals surface area contributed by atoms with Gasteiger partial charge in [0.15, 0.2) is 0 Å². The van der Waals surface area contributed by atoms with Crippen molar-refractivity contribution >= 4 is 5.91 Å². The number of rotatable bonds is 3. The van der Waals surface area contributed by atoms with Crippen LogP contribution in [0, 0.1) is 0 Å². The highest BCUT2D eigenvalue weighted by atomic mass is 16.2. The van der Waals surface area contributed by atoms with Crippen LogP contribution < -0.4 is 5.32 Å². The molecule has 0 aromatic carbocycles. The Kier molecular flexibility index (Phi) is 3.59. The lowest BCUT2D eigenvalue weighted by Crippen LogP contribution is -2.50. The monoisotopic (exact) mass is 211 g/mol. The first-order valence-electron chi connectivity index (χ1n) is 5.95. The van der Waals surface area contributed by atoms with Crippen LogP contribution in [0.4, 0.5) is 0 Å². The molecule has 0 aromatic heterocycles. The highest BCUT2D eigenvalue weighted by Crippen LogP contribution is 2.11. The summed E-state index contributed by atoms with van der Waals surface area (Å²) in [5, 5.41) is 3.51. The summed E-state index contributed by atoms with van der Waals surface area (Å²) in [5.41, 5.74) is 0. The molecule has 2 aliphatic heterocycles. The zero-order chi connectivity index (χ0) is 10.7. The van der Waals surface area contributed by atoms with Gasteiger partial charge in [-0.15, -0.1) is 0 Å². The maximum Gasteiger partial charge on any atom is 0.222 e. The lowest BCUT2D eigenvalue weighted by Gasteiger charge is -2.31. The summed E-state index contributed by atoms with van der Waals surface area (Å²) < 4.78 is 0. The van der Waals surface area contributed by atoms with Crippen LogP contribution in [0.5, 0.6) is 0 Å².